The lowest BCUT2D eigenvalue weighted by molar-refractivity contribution is -0.200. The number of carbonyl (C=O) groups is 1. The Kier molecular flexibility index (Phi) is 4.31. The molecular weight excluding hydrogens is 208 g/mol. The lowest BCUT2D eigenvalue weighted by atomic mass is 10.2. The first-order chi connectivity index (χ1) is 7.62. The topological polar surface area (TPSA) is 55.8 Å². The highest BCUT2D eigenvalue weighted by atomic mass is 16.7. The van der Waals surface area contributed by atoms with Crippen LogP contribution in [0.5, 0.6) is 5.75 Å². The van der Waals surface area contributed by atoms with Crippen LogP contribution in [0.25, 0.3) is 0 Å². The average molecular weight is 224 g/mol. The molecule has 0 saturated heterocycles. The second-order valence-electron chi connectivity index (χ2n) is 3.27. The standard InChI is InChI=1S/C12H16O4/c1-3-12(14,11(13)15-4-2)16-10-8-6-5-7-9-10/h5-9,14H,3-4H2,1-2H3. The van der Waals surface area contributed by atoms with Crippen molar-refractivity contribution >= 4 is 5.97 Å². The fourth-order valence-corrected chi connectivity index (χ4v) is 1.19. The smallest absolute Gasteiger partial charge is 0.379 e. The van der Waals surface area contributed by atoms with Crippen LogP contribution in [-0.4, -0.2) is 23.5 Å². The molecule has 1 aromatic rings. The Balaban J connectivity index is 2.78. The number of rotatable bonds is 5. The molecule has 1 atom stereocenters. The van der Waals surface area contributed by atoms with E-state index in [0.717, 1.165) is 0 Å². The molecule has 0 spiro atoms. The highest BCUT2D eigenvalue weighted by molar-refractivity contribution is 5.77. The van der Waals surface area contributed by atoms with E-state index in [1.807, 2.05) is 6.07 Å². The van der Waals surface area contributed by atoms with E-state index in [1.54, 1.807) is 38.1 Å². The van der Waals surface area contributed by atoms with Crippen LogP contribution in [0.1, 0.15) is 20.3 Å². The molecule has 0 aromatic heterocycles. The summed E-state index contributed by atoms with van der Waals surface area (Å²) in [5.74, 6) is -2.24. The Bertz CT molecular complexity index is 336. The van der Waals surface area contributed by atoms with Gasteiger partial charge in [-0.3, -0.25) is 0 Å². The van der Waals surface area contributed by atoms with Crippen LogP contribution in [0.2, 0.25) is 0 Å². The van der Waals surface area contributed by atoms with E-state index >= 15 is 0 Å². The van der Waals surface area contributed by atoms with Crippen molar-refractivity contribution in [1.29, 1.82) is 0 Å². The zero-order chi connectivity index (χ0) is 12.0. The SMILES string of the molecule is CCOC(=O)C(O)(CC)Oc1ccccc1. The molecule has 0 radical (unpaired) electrons. The number of carbonyl (C=O) groups excluding carboxylic acids is 1. The van der Waals surface area contributed by atoms with Gasteiger partial charge in [0.1, 0.15) is 5.75 Å². The van der Waals surface area contributed by atoms with Crippen molar-refractivity contribution < 1.29 is 19.4 Å². The molecular formula is C12H16O4. The van der Waals surface area contributed by atoms with Gasteiger partial charge in [0, 0.05) is 6.42 Å². The summed E-state index contributed by atoms with van der Waals surface area (Å²) in [6.45, 7) is 3.54. The quantitative estimate of drug-likeness (QED) is 0.611. The van der Waals surface area contributed by atoms with Crippen LogP contribution in [0.15, 0.2) is 30.3 Å². The van der Waals surface area contributed by atoms with Crippen LogP contribution in [0.3, 0.4) is 0 Å². The van der Waals surface area contributed by atoms with E-state index < -0.39 is 11.8 Å². The predicted molar refractivity (Wildman–Crippen MR) is 58.9 cm³/mol. The average Bonchev–Trinajstić information content (AvgIpc) is 2.30. The van der Waals surface area contributed by atoms with Crippen molar-refractivity contribution in [3.8, 4) is 5.75 Å². The zero-order valence-corrected chi connectivity index (χ0v) is 9.47. The van der Waals surface area contributed by atoms with E-state index in [1.165, 1.54) is 0 Å². The predicted octanol–water partition coefficient (Wildman–Crippen LogP) is 1.73. The van der Waals surface area contributed by atoms with Crippen molar-refractivity contribution in [2.24, 2.45) is 0 Å². The largest absolute Gasteiger partial charge is 0.461 e. The number of aliphatic hydroxyl groups is 1. The first kappa shape index (κ1) is 12.5. The molecule has 0 amide bonds. The van der Waals surface area contributed by atoms with E-state index in [2.05, 4.69) is 0 Å². The van der Waals surface area contributed by atoms with Gasteiger partial charge < -0.3 is 14.6 Å². The number of hydrogen-bond acceptors (Lipinski definition) is 4. The number of ether oxygens (including phenoxy) is 2. The molecule has 0 aliphatic carbocycles. The molecule has 1 rings (SSSR count). The summed E-state index contributed by atoms with van der Waals surface area (Å²) in [7, 11) is 0. The summed E-state index contributed by atoms with van der Waals surface area (Å²) < 4.78 is 10.0. The maximum atomic E-state index is 11.5. The second kappa shape index (κ2) is 5.51. The molecule has 0 aliphatic rings. The van der Waals surface area contributed by atoms with Gasteiger partial charge >= 0.3 is 11.8 Å². The van der Waals surface area contributed by atoms with Gasteiger partial charge in [-0.1, -0.05) is 25.1 Å². The second-order valence-corrected chi connectivity index (χ2v) is 3.27. The van der Waals surface area contributed by atoms with Gasteiger partial charge in [-0.05, 0) is 19.1 Å². The summed E-state index contributed by atoms with van der Waals surface area (Å²) in [5, 5.41) is 9.98. The number of para-hydroxylation sites is 1. The van der Waals surface area contributed by atoms with E-state index in [4.69, 9.17) is 9.47 Å². The third kappa shape index (κ3) is 2.97. The molecule has 88 valence electrons. The molecule has 0 heterocycles. The zero-order valence-electron chi connectivity index (χ0n) is 9.47. The molecule has 4 nitrogen and oxygen atoms in total. The lowest BCUT2D eigenvalue weighted by Gasteiger charge is -2.25. The molecule has 4 heteroatoms. The summed E-state index contributed by atoms with van der Waals surface area (Å²) in [6, 6.07) is 8.68. The third-order valence-corrected chi connectivity index (χ3v) is 2.10. The lowest BCUT2D eigenvalue weighted by Crippen LogP contribution is -2.45. The van der Waals surface area contributed by atoms with Crippen LogP contribution in [-0.2, 0) is 9.53 Å². The molecule has 0 bridgehead atoms. The van der Waals surface area contributed by atoms with Crippen LogP contribution in [0.4, 0.5) is 0 Å². The Labute approximate surface area is 94.8 Å². The van der Waals surface area contributed by atoms with Gasteiger partial charge in [-0.15, -0.1) is 0 Å². The monoisotopic (exact) mass is 224 g/mol. The Morgan fingerprint density at radius 1 is 1.31 bits per heavy atom. The van der Waals surface area contributed by atoms with Gasteiger partial charge in [-0.2, -0.15) is 0 Å². The summed E-state index contributed by atoms with van der Waals surface area (Å²) in [6.07, 6.45) is 0.126. The van der Waals surface area contributed by atoms with Gasteiger partial charge in [0.2, 0.25) is 0 Å². The summed E-state index contributed by atoms with van der Waals surface area (Å²) in [4.78, 5) is 11.5. The van der Waals surface area contributed by atoms with Crippen molar-refractivity contribution in [3.63, 3.8) is 0 Å². The summed E-state index contributed by atoms with van der Waals surface area (Å²) >= 11 is 0. The Morgan fingerprint density at radius 3 is 2.44 bits per heavy atom. The first-order valence-corrected chi connectivity index (χ1v) is 5.26. The third-order valence-electron chi connectivity index (χ3n) is 2.10. The molecule has 1 aromatic carbocycles. The Morgan fingerprint density at radius 2 is 1.94 bits per heavy atom. The highest BCUT2D eigenvalue weighted by Gasteiger charge is 2.38. The maximum Gasteiger partial charge on any atom is 0.379 e. The van der Waals surface area contributed by atoms with E-state index in [-0.39, 0.29) is 13.0 Å². The molecule has 1 N–H and O–H groups in total. The highest BCUT2D eigenvalue weighted by Crippen LogP contribution is 2.20. The fraction of sp³-hybridized carbons (Fsp3) is 0.417. The van der Waals surface area contributed by atoms with Crippen LogP contribution < -0.4 is 4.74 Å². The van der Waals surface area contributed by atoms with Crippen molar-refractivity contribution in [2.45, 2.75) is 26.1 Å². The van der Waals surface area contributed by atoms with Crippen molar-refractivity contribution in [3.05, 3.63) is 30.3 Å². The van der Waals surface area contributed by atoms with E-state index in [9.17, 15) is 9.90 Å². The number of hydrogen-bond donors (Lipinski definition) is 1. The van der Waals surface area contributed by atoms with Crippen molar-refractivity contribution in [1.82, 2.24) is 0 Å². The van der Waals surface area contributed by atoms with Gasteiger partial charge in [0.15, 0.2) is 0 Å². The summed E-state index contributed by atoms with van der Waals surface area (Å²) in [5.41, 5.74) is 0. The van der Waals surface area contributed by atoms with E-state index in [0.29, 0.717) is 5.75 Å². The molecule has 1 unspecified atom stereocenters. The minimum Gasteiger partial charge on any atom is -0.461 e. The molecule has 0 fully saturated rings. The molecule has 0 aliphatic heterocycles. The first-order valence-electron chi connectivity index (χ1n) is 5.26. The maximum absolute atomic E-state index is 11.5. The number of benzene rings is 1. The fourth-order valence-electron chi connectivity index (χ4n) is 1.19. The van der Waals surface area contributed by atoms with Crippen LogP contribution in [0, 0.1) is 0 Å². The van der Waals surface area contributed by atoms with Crippen LogP contribution >= 0.6 is 0 Å². The number of esters is 1. The minimum atomic E-state index is -1.91. The normalized spacial score (nSPS) is 13.9. The van der Waals surface area contributed by atoms with Crippen molar-refractivity contribution in [2.75, 3.05) is 6.61 Å². The Hall–Kier alpha value is -1.55. The van der Waals surface area contributed by atoms with Gasteiger partial charge in [0.05, 0.1) is 6.61 Å². The minimum absolute atomic E-state index is 0.126. The molecule has 16 heavy (non-hydrogen) atoms. The molecule has 0 saturated carbocycles. The van der Waals surface area contributed by atoms with Gasteiger partial charge in [-0.25, -0.2) is 4.79 Å². The van der Waals surface area contributed by atoms with Gasteiger partial charge in [0.25, 0.3) is 0 Å².